The Morgan fingerprint density at radius 3 is 2.24 bits per heavy atom. The summed E-state index contributed by atoms with van der Waals surface area (Å²) in [5, 5.41) is 7.72. The van der Waals surface area contributed by atoms with Gasteiger partial charge in [-0.2, -0.15) is 9.78 Å². The summed E-state index contributed by atoms with van der Waals surface area (Å²) in [4.78, 5) is 24.6. The van der Waals surface area contributed by atoms with E-state index < -0.39 is 11.8 Å². The number of nitrogens with one attached hydrogen (secondary N) is 1. The molecule has 0 atom stereocenters. The number of amides is 1. The van der Waals surface area contributed by atoms with Gasteiger partial charge in [-0.25, -0.2) is 4.39 Å². The summed E-state index contributed by atoms with van der Waals surface area (Å²) in [5.74, 6) is -0.256. The number of halogens is 1. The van der Waals surface area contributed by atoms with Gasteiger partial charge in [-0.15, -0.1) is 0 Å². The van der Waals surface area contributed by atoms with Crippen molar-refractivity contribution in [1.29, 1.82) is 0 Å². The highest BCUT2D eigenvalue weighted by molar-refractivity contribution is 5.93. The number of ether oxygens (including phenoxy) is 2. The molecule has 0 bridgehead atoms. The zero-order valence-electron chi connectivity index (χ0n) is 22.0. The third-order valence-corrected chi connectivity index (χ3v) is 5.66. The lowest BCUT2D eigenvalue weighted by Crippen LogP contribution is -2.19. The predicted octanol–water partition coefficient (Wildman–Crippen LogP) is 6.65. The molecule has 7 nitrogen and oxygen atoms in total. The molecule has 0 fully saturated rings. The van der Waals surface area contributed by atoms with Crippen LogP contribution in [0.15, 0.2) is 72.8 Å². The molecule has 0 saturated heterocycles. The van der Waals surface area contributed by atoms with Crippen LogP contribution < -0.4 is 14.8 Å². The van der Waals surface area contributed by atoms with E-state index in [0.717, 1.165) is 0 Å². The Morgan fingerprint density at radius 1 is 0.974 bits per heavy atom. The quantitative estimate of drug-likeness (QED) is 0.279. The van der Waals surface area contributed by atoms with Crippen LogP contribution in [0, 0.1) is 11.2 Å². The normalized spacial score (nSPS) is 11.2. The van der Waals surface area contributed by atoms with Gasteiger partial charge in [0.05, 0.1) is 18.4 Å². The first kappa shape index (κ1) is 26.6. The lowest BCUT2D eigenvalue weighted by atomic mass is 9.92. The van der Waals surface area contributed by atoms with Crippen molar-refractivity contribution in [1.82, 2.24) is 9.78 Å². The third-order valence-electron chi connectivity index (χ3n) is 5.66. The van der Waals surface area contributed by atoms with Gasteiger partial charge in [-0.3, -0.25) is 9.59 Å². The van der Waals surface area contributed by atoms with Gasteiger partial charge < -0.3 is 14.8 Å². The van der Waals surface area contributed by atoms with Gasteiger partial charge in [0.25, 0.3) is 0 Å². The van der Waals surface area contributed by atoms with Crippen LogP contribution in [-0.4, -0.2) is 28.8 Å². The standard InChI is InChI=1S/C30H30FN3O4/c1-19(35)38-29-27(20-10-14-22(15-11-20)32-26(36)18-30(2,3)4)28(24-8-6-7-9-25(24)37-5)33-34(29)23-16-12-21(31)13-17-23/h6-17H,18H2,1-5H3,(H,32,36). The van der Waals surface area contributed by atoms with E-state index in [1.165, 1.54) is 23.7 Å². The van der Waals surface area contributed by atoms with Crippen molar-refractivity contribution in [3.63, 3.8) is 0 Å². The zero-order valence-corrected chi connectivity index (χ0v) is 22.0. The van der Waals surface area contributed by atoms with Crippen molar-refractivity contribution in [2.75, 3.05) is 12.4 Å². The van der Waals surface area contributed by atoms with Crippen molar-refractivity contribution in [2.45, 2.75) is 34.1 Å². The maximum atomic E-state index is 13.7. The van der Waals surface area contributed by atoms with Gasteiger partial charge in [0.2, 0.25) is 11.8 Å². The monoisotopic (exact) mass is 515 g/mol. The average molecular weight is 516 g/mol. The highest BCUT2D eigenvalue weighted by atomic mass is 19.1. The van der Waals surface area contributed by atoms with E-state index in [0.29, 0.717) is 45.9 Å². The van der Waals surface area contributed by atoms with Crippen LogP contribution >= 0.6 is 0 Å². The molecule has 0 radical (unpaired) electrons. The van der Waals surface area contributed by atoms with Gasteiger partial charge in [-0.1, -0.05) is 45.0 Å². The van der Waals surface area contributed by atoms with Gasteiger partial charge in [-0.05, 0) is 59.5 Å². The number of nitrogens with zero attached hydrogens (tertiary/aromatic N) is 2. The Balaban J connectivity index is 1.88. The number of benzene rings is 3. The Kier molecular flexibility index (Phi) is 7.62. The summed E-state index contributed by atoms with van der Waals surface area (Å²) >= 11 is 0. The minimum atomic E-state index is -0.535. The van der Waals surface area contributed by atoms with E-state index in [4.69, 9.17) is 14.6 Å². The van der Waals surface area contributed by atoms with Crippen LogP contribution in [0.3, 0.4) is 0 Å². The number of hydrogen-bond donors (Lipinski definition) is 1. The average Bonchev–Trinajstić information content (AvgIpc) is 3.22. The van der Waals surface area contributed by atoms with Crippen LogP contribution in [0.1, 0.15) is 34.1 Å². The SMILES string of the molecule is COc1ccccc1-c1nn(-c2ccc(F)cc2)c(OC(C)=O)c1-c1ccc(NC(=O)CC(C)(C)C)cc1. The van der Waals surface area contributed by atoms with E-state index in [1.807, 2.05) is 57.2 Å². The van der Waals surface area contributed by atoms with E-state index in [9.17, 15) is 14.0 Å². The summed E-state index contributed by atoms with van der Waals surface area (Å²) in [6.07, 6.45) is 0.383. The number of methoxy groups -OCH3 is 1. The second kappa shape index (κ2) is 10.9. The predicted molar refractivity (Wildman–Crippen MR) is 145 cm³/mol. The molecule has 4 aromatic rings. The first-order valence-electron chi connectivity index (χ1n) is 12.2. The number of carbonyl (C=O) groups is 2. The number of anilines is 1. The third kappa shape index (κ3) is 6.08. The molecule has 1 heterocycles. The first-order valence-corrected chi connectivity index (χ1v) is 12.2. The van der Waals surface area contributed by atoms with Crippen LogP contribution in [0.25, 0.3) is 28.1 Å². The van der Waals surface area contributed by atoms with Gasteiger partial charge in [0.15, 0.2) is 0 Å². The minimum Gasteiger partial charge on any atom is -0.496 e. The van der Waals surface area contributed by atoms with Crippen molar-refractivity contribution in [3.05, 3.63) is 78.6 Å². The van der Waals surface area contributed by atoms with Crippen molar-refractivity contribution < 1.29 is 23.5 Å². The molecule has 3 aromatic carbocycles. The molecule has 1 N–H and O–H groups in total. The molecule has 1 amide bonds. The molecule has 0 aliphatic rings. The Labute approximate surface area is 221 Å². The molecule has 38 heavy (non-hydrogen) atoms. The highest BCUT2D eigenvalue weighted by Crippen LogP contribution is 2.43. The molecule has 4 rings (SSSR count). The summed E-state index contributed by atoms with van der Waals surface area (Å²) in [6, 6.07) is 20.3. The summed E-state index contributed by atoms with van der Waals surface area (Å²) in [6.45, 7) is 7.32. The van der Waals surface area contributed by atoms with E-state index in [2.05, 4.69) is 5.32 Å². The first-order chi connectivity index (χ1) is 18.1. The number of carbonyl (C=O) groups excluding carboxylic acids is 2. The van der Waals surface area contributed by atoms with Crippen LogP contribution in [0.4, 0.5) is 10.1 Å². The maximum Gasteiger partial charge on any atom is 0.309 e. The molecular weight excluding hydrogens is 485 g/mol. The summed E-state index contributed by atoms with van der Waals surface area (Å²) < 4.78 is 26.4. The zero-order chi connectivity index (χ0) is 27.4. The Morgan fingerprint density at radius 2 is 1.63 bits per heavy atom. The van der Waals surface area contributed by atoms with Gasteiger partial charge in [0.1, 0.15) is 17.3 Å². The number of hydrogen-bond acceptors (Lipinski definition) is 5. The molecule has 0 aliphatic carbocycles. The van der Waals surface area contributed by atoms with Gasteiger partial charge in [0, 0.05) is 24.6 Å². The molecule has 196 valence electrons. The molecule has 0 spiro atoms. The fraction of sp³-hybridized carbons (Fsp3) is 0.233. The molecule has 0 aliphatic heterocycles. The largest absolute Gasteiger partial charge is 0.496 e. The fourth-order valence-corrected chi connectivity index (χ4v) is 4.09. The summed E-state index contributed by atoms with van der Waals surface area (Å²) in [7, 11) is 1.57. The van der Waals surface area contributed by atoms with E-state index >= 15 is 0 Å². The number of esters is 1. The maximum absolute atomic E-state index is 13.7. The van der Waals surface area contributed by atoms with Crippen molar-refractivity contribution in [2.24, 2.45) is 5.41 Å². The fourth-order valence-electron chi connectivity index (χ4n) is 4.09. The van der Waals surface area contributed by atoms with Crippen molar-refractivity contribution >= 4 is 17.6 Å². The number of para-hydroxylation sites is 1. The molecule has 0 unspecified atom stereocenters. The van der Waals surface area contributed by atoms with Crippen molar-refractivity contribution in [3.8, 4) is 39.7 Å². The highest BCUT2D eigenvalue weighted by Gasteiger charge is 2.26. The number of rotatable bonds is 7. The second-order valence-electron chi connectivity index (χ2n) is 10.1. The lowest BCUT2D eigenvalue weighted by molar-refractivity contribution is -0.132. The van der Waals surface area contributed by atoms with Crippen LogP contribution in [0.2, 0.25) is 0 Å². The van der Waals surface area contributed by atoms with Crippen LogP contribution in [0.5, 0.6) is 11.6 Å². The Hall–Kier alpha value is -4.46. The summed E-state index contributed by atoms with van der Waals surface area (Å²) in [5.41, 5.74) is 3.44. The second-order valence-corrected chi connectivity index (χ2v) is 10.1. The van der Waals surface area contributed by atoms with Gasteiger partial charge >= 0.3 is 5.97 Å². The Bertz CT molecular complexity index is 1450. The minimum absolute atomic E-state index is 0.0790. The lowest BCUT2D eigenvalue weighted by Gasteiger charge is -2.17. The topological polar surface area (TPSA) is 82.4 Å². The molecule has 8 heteroatoms. The smallest absolute Gasteiger partial charge is 0.309 e. The van der Waals surface area contributed by atoms with Crippen LogP contribution in [-0.2, 0) is 9.59 Å². The van der Waals surface area contributed by atoms with E-state index in [1.54, 1.807) is 31.4 Å². The molecule has 0 saturated carbocycles. The number of aromatic nitrogens is 2. The molecule has 1 aromatic heterocycles. The van der Waals surface area contributed by atoms with E-state index in [-0.39, 0.29) is 17.2 Å². The molecular formula is C30H30FN3O4.